The van der Waals surface area contributed by atoms with E-state index in [0.29, 0.717) is 4.47 Å². The third kappa shape index (κ3) is 2.02. The summed E-state index contributed by atoms with van der Waals surface area (Å²) < 4.78 is 2.32. The second kappa shape index (κ2) is 4.51. The normalized spacial score (nSPS) is 10.8. The number of hydrogen-bond donors (Lipinski definition) is 1. The first-order chi connectivity index (χ1) is 9.16. The summed E-state index contributed by atoms with van der Waals surface area (Å²) in [4.78, 5) is 11.0. The van der Waals surface area contributed by atoms with Gasteiger partial charge < -0.3 is 5.11 Å². The molecule has 4 nitrogen and oxygen atoms in total. The predicted molar refractivity (Wildman–Crippen MR) is 75.7 cm³/mol. The van der Waals surface area contributed by atoms with Crippen molar-refractivity contribution < 1.29 is 9.90 Å². The van der Waals surface area contributed by atoms with Gasteiger partial charge in [0.25, 0.3) is 0 Å². The van der Waals surface area contributed by atoms with Crippen LogP contribution >= 0.6 is 15.9 Å². The summed E-state index contributed by atoms with van der Waals surface area (Å²) in [7, 11) is 0. The summed E-state index contributed by atoms with van der Waals surface area (Å²) in [5.74, 6) is -0.955. The van der Waals surface area contributed by atoms with Gasteiger partial charge in [0.2, 0.25) is 0 Å². The summed E-state index contributed by atoms with van der Waals surface area (Å²) in [5, 5.41) is 14.4. The lowest BCUT2D eigenvalue weighted by molar-refractivity contribution is 0.0696. The Morgan fingerprint density at radius 3 is 2.74 bits per heavy atom. The topological polar surface area (TPSA) is 55.1 Å². The maximum Gasteiger partial charge on any atom is 0.336 e. The van der Waals surface area contributed by atoms with Crippen LogP contribution < -0.4 is 0 Å². The Morgan fingerprint density at radius 1 is 1.21 bits per heavy atom. The Morgan fingerprint density at radius 2 is 2.00 bits per heavy atom. The molecule has 0 unspecified atom stereocenters. The third-order valence-electron chi connectivity index (χ3n) is 2.90. The molecule has 3 rings (SSSR count). The highest BCUT2D eigenvalue weighted by atomic mass is 79.9. The molecule has 0 amide bonds. The molecule has 0 spiro atoms. The van der Waals surface area contributed by atoms with Gasteiger partial charge in [0.1, 0.15) is 0 Å². The summed E-state index contributed by atoms with van der Waals surface area (Å²) >= 11 is 3.28. The fraction of sp³-hybridized carbons (Fsp3) is 0. The molecule has 0 atom stereocenters. The van der Waals surface area contributed by atoms with Crippen molar-refractivity contribution >= 4 is 32.8 Å². The average Bonchev–Trinajstić information content (AvgIpc) is 2.82. The Labute approximate surface area is 117 Å². The molecule has 0 aliphatic carbocycles. The molecule has 0 aliphatic rings. The summed E-state index contributed by atoms with van der Waals surface area (Å²) in [6.07, 6.45) is 1.79. The Bertz CT molecular complexity index is 780. The van der Waals surface area contributed by atoms with E-state index in [0.717, 1.165) is 16.6 Å². The van der Waals surface area contributed by atoms with Gasteiger partial charge in [-0.15, -0.1) is 0 Å². The number of rotatable bonds is 2. The lowest BCUT2D eigenvalue weighted by atomic mass is 10.2. The first kappa shape index (κ1) is 11.9. The van der Waals surface area contributed by atoms with E-state index in [9.17, 15) is 4.79 Å². The van der Waals surface area contributed by atoms with Gasteiger partial charge in [-0.05, 0) is 40.2 Å². The van der Waals surface area contributed by atoms with Crippen LogP contribution in [0.15, 0.2) is 53.1 Å². The van der Waals surface area contributed by atoms with Crippen molar-refractivity contribution in [3.63, 3.8) is 0 Å². The van der Waals surface area contributed by atoms with Crippen LogP contribution in [0.1, 0.15) is 10.4 Å². The van der Waals surface area contributed by atoms with E-state index in [1.54, 1.807) is 29.1 Å². The monoisotopic (exact) mass is 316 g/mol. The molecular weight excluding hydrogens is 308 g/mol. The van der Waals surface area contributed by atoms with E-state index in [4.69, 9.17) is 5.11 Å². The van der Waals surface area contributed by atoms with E-state index in [-0.39, 0.29) is 5.56 Å². The molecule has 0 fully saturated rings. The number of carboxylic acids is 1. The minimum absolute atomic E-state index is 0.236. The van der Waals surface area contributed by atoms with Gasteiger partial charge in [-0.3, -0.25) is 0 Å². The maximum absolute atomic E-state index is 11.0. The highest BCUT2D eigenvalue weighted by Crippen LogP contribution is 2.23. The molecule has 0 saturated carbocycles. The van der Waals surface area contributed by atoms with Gasteiger partial charge in [0.15, 0.2) is 0 Å². The van der Waals surface area contributed by atoms with Gasteiger partial charge in [-0.1, -0.05) is 18.2 Å². The number of benzene rings is 2. The molecule has 0 radical (unpaired) electrons. The standard InChI is InChI=1S/C14H9BrN2O2/c15-12-7-10(5-6-11(12)14(18)19)17-13-4-2-1-3-9(13)8-16-17/h1-8H,(H,18,19). The van der Waals surface area contributed by atoms with Gasteiger partial charge in [0.05, 0.1) is 23.0 Å². The Hall–Kier alpha value is -2.14. The van der Waals surface area contributed by atoms with Crippen LogP contribution in [0.25, 0.3) is 16.6 Å². The molecule has 0 bridgehead atoms. The minimum Gasteiger partial charge on any atom is -0.478 e. The second-order valence-electron chi connectivity index (χ2n) is 4.08. The number of carboxylic acid groups (broad SMARTS) is 1. The maximum atomic E-state index is 11.0. The highest BCUT2D eigenvalue weighted by molar-refractivity contribution is 9.10. The molecule has 94 valence electrons. The molecular formula is C14H9BrN2O2. The Balaban J connectivity index is 2.17. The van der Waals surface area contributed by atoms with E-state index in [1.807, 2.05) is 24.3 Å². The first-order valence-electron chi connectivity index (χ1n) is 5.63. The quantitative estimate of drug-likeness (QED) is 0.787. The molecule has 0 aliphatic heterocycles. The molecule has 5 heteroatoms. The first-order valence-corrected chi connectivity index (χ1v) is 6.42. The fourth-order valence-corrected chi connectivity index (χ4v) is 2.52. The number of aromatic carboxylic acids is 1. The number of fused-ring (bicyclic) bond motifs is 1. The van der Waals surface area contributed by atoms with Crippen LogP contribution in [0.2, 0.25) is 0 Å². The number of aromatic nitrogens is 2. The molecule has 2 aromatic carbocycles. The van der Waals surface area contributed by atoms with Crippen molar-refractivity contribution in [2.75, 3.05) is 0 Å². The van der Waals surface area contributed by atoms with E-state index in [1.165, 1.54) is 0 Å². The lowest BCUT2D eigenvalue weighted by Crippen LogP contribution is -2.01. The van der Waals surface area contributed by atoms with Gasteiger partial charge >= 0.3 is 5.97 Å². The summed E-state index contributed by atoms with van der Waals surface area (Å²) in [6.45, 7) is 0. The van der Waals surface area contributed by atoms with Crippen LogP contribution in [0, 0.1) is 0 Å². The zero-order valence-corrected chi connectivity index (χ0v) is 11.3. The number of nitrogens with zero attached hydrogens (tertiary/aromatic N) is 2. The van der Waals surface area contributed by atoms with Crippen LogP contribution in [0.3, 0.4) is 0 Å². The average molecular weight is 317 g/mol. The van der Waals surface area contributed by atoms with Crippen molar-refractivity contribution in [2.45, 2.75) is 0 Å². The van der Waals surface area contributed by atoms with Gasteiger partial charge in [-0.2, -0.15) is 5.10 Å². The lowest BCUT2D eigenvalue weighted by Gasteiger charge is -2.06. The van der Waals surface area contributed by atoms with E-state index >= 15 is 0 Å². The number of carbonyl (C=O) groups is 1. The Kier molecular flexibility index (Phi) is 2.83. The van der Waals surface area contributed by atoms with Crippen LogP contribution in [-0.4, -0.2) is 20.9 Å². The largest absolute Gasteiger partial charge is 0.478 e. The zero-order valence-electron chi connectivity index (χ0n) is 9.75. The van der Waals surface area contributed by atoms with Gasteiger partial charge in [-0.25, -0.2) is 9.48 Å². The molecule has 1 aromatic heterocycles. The fourth-order valence-electron chi connectivity index (χ4n) is 1.99. The SMILES string of the molecule is O=C(O)c1ccc(-n2ncc3ccccc32)cc1Br. The van der Waals surface area contributed by atoms with Crippen molar-refractivity contribution in [2.24, 2.45) is 0 Å². The third-order valence-corrected chi connectivity index (χ3v) is 3.56. The number of hydrogen-bond acceptors (Lipinski definition) is 2. The van der Waals surface area contributed by atoms with Crippen molar-refractivity contribution in [3.8, 4) is 5.69 Å². The molecule has 1 N–H and O–H groups in total. The number of halogens is 1. The second-order valence-corrected chi connectivity index (χ2v) is 4.94. The van der Waals surface area contributed by atoms with Crippen LogP contribution in [0.5, 0.6) is 0 Å². The van der Waals surface area contributed by atoms with Crippen molar-refractivity contribution in [1.82, 2.24) is 9.78 Å². The van der Waals surface area contributed by atoms with Crippen LogP contribution in [0.4, 0.5) is 0 Å². The summed E-state index contributed by atoms with van der Waals surface area (Å²) in [5.41, 5.74) is 2.04. The highest BCUT2D eigenvalue weighted by Gasteiger charge is 2.10. The van der Waals surface area contributed by atoms with E-state index < -0.39 is 5.97 Å². The van der Waals surface area contributed by atoms with Crippen LogP contribution in [-0.2, 0) is 0 Å². The van der Waals surface area contributed by atoms with E-state index in [2.05, 4.69) is 21.0 Å². The van der Waals surface area contributed by atoms with Gasteiger partial charge in [0, 0.05) is 9.86 Å². The summed E-state index contributed by atoms with van der Waals surface area (Å²) in [6, 6.07) is 12.9. The minimum atomic E-state index is -0.955. The molecule has 0 saturated heterocycles. The predicted octanol–water partition coefficient (Wildman–Crippen LogP) is 3.49. The zero-order chi connectivity index (χ0) is 13.4. The van der Waals surface area contributed by atoms with Crippen molar-refractivity contribution in [3.05, 3.63) is 58.7 Å². The molecule has 19 heavy (non-hydrogen) atoms. The number of para-hydroxylation sites is 1. The smallest absolute Gasteiger partial charge is 0.336 e. The van der Waals surface area contributed by atoms with Crippen molar-refractivity contribution in [1.29, 1.82) is 0 Å². The molecule has 3 aromatic rings. The molecule has 1 heterocycles.